The van der Waals surface area contributed by atoms with Crippen LogP contribution in [-0.2, 0) is 9.59 Å². The summed E-state index contributed by atoms with van der Waals surface area (Å²) in [4.78, 5) is 49.3. The lowest BCUT2D eigenvalue weighted by molar-refractivity contribution is -0.131. The number of anilines is 2. The SMILES string of the molecule is Cc1cc(Oc2ccccc2)ccc1N1C(=O)NC2c3c1ccnc3S[C@H]2C(=O)NC1CCN(C(=O)CN(C)C)C1. The molecule has 6 rings (SSSR count). The van der Waals surface area contributed by atoms with Gasteiger partial charge in [0.2, 0.25) is 11.8 Å². The number of pyridine rings is 1. The molecule has 3 aliphatic heterocycles. The second-order valence-electron chi connectivity index (χ2n) is 10.8. The van der Waals surface area contributed by atoms with Crippen molar-refractivity contribution in [3.05, 3.63) is 71.9 Å². The maximum absolute atomic E-state index is 13.6. The van der Waals surface area contributed by atoms with Crippen LogP contribution < -0.4 is 20.3 Å². The van der Waals surface area contributed by atoms with Crippen LogP contribution in [-0.4, -0.2) is 77.7 Å². The molecule has 3 atom stereocenters. The number of likely N-dealkylation sites (tertiary alicyclic amines) is 1. The van der Waals surface area contributed by atoms with E-state index in [0.29, 0.717) is 37.5 Å². The fourth-order valence-corrected chi connectivity index (χ4v) is 6.83. The summed E-state index contributed by atoms with van der Waals surface area (Å²) in [6, 6.07) is 16.0. The van der Waals surface area contributed by atoms with E-state index >= 15 is 0 Å². The summed E-state index contributed by atoms with van der Waals surface area (Å²) in [6.45, 7) is 3.38. The molecule has 1 fully saturated rings. The van der Waals surface area contributed by atoms with E-state index in [2.05, 4.69) is 15.6 Å². The molecule has 2 N–H and O–H groups in total. The fraction of sp³-hybridized carbons (Fsp3) is 0.333. The van der Waals surface area contributed by atoms with Gasteiger partial charge in [0.15, 0.2) is 0 Å². The molecule has 0 spiro atoms. The van der Waals surface area contributed by atoms with E-state index in [4.69, 9.17) is 4.74 Å². The van der Waals surface area contributed by atoms with Crippen LogP contribution in [0.2, 0.25) is 0 Å². The molecule has 3 aliphatic rings. The molecular formula is C30H32N6O4S. The number of para-hydroxylation sites is 1. The molecule has 0 aliphatic carbocycles. The predicted octanol–water partition coefficient (Wildman–Crippen LogP) is 3.84. The lowest BCUT2D eigenvalue weighted by Crippen LogP contribution is -2.50. The first-order valence-electron chi connectivity index (χ1n) is 13.6. The van der Waals surface area contributed by atoms with Gasteiger partial charge in [0, 0.05) is 30.9 Å². The topological polar surface area (TPSA) is 107 Å². The third-order valence-corrected chi connectivity index (χ3v) is 8.78. The molecule has 11 heteroatoms. The summed E-state index contributed by atoms with van der Waals surface area (Å²) in [6.07, 6.45) is 2.38. The Kier molecular flexibility index (Phi) is 7.31. The van der Waals surface area contributed by atoms with E-state index in [0.717, 1.165) is 27.6 Å². The van der Waals surface area contributed by atoms with Gasteiger partial charge in [0.1, 0.15) is 21.8 Å². The number of hydrogen-bond acceptors (Lipinski definition) is 7. The molecular weight excluding hydrogens is 540 g/mol. The van der Waals surface area contributed by atoms with Gasteiger partial charge < -0.3 is 25.2 Å². The maximum atomic E-state index is 13.6. The summed E-state index contributed by atoms with van der Waals surface area (Å²) < 4.78 is 5.97. The Labute approximate surface area is 243 Å². The molecule has 4 heterocycles. The van der Waals surface area contributed by atoms with Crippen LogP contribution in [0.1, 0.15) is 23.6 Å². The van der Waals surface area contributed by atoms with Gasteiger partial charge in [-0.05, 0) is 69.4 Å². The molecule has 3 aromatic rings. The number of nitrogens with zero attached hydrogens (tertiary/aromatic N) is 4. The van der Waals surface area contributed by atoms with Gasteiger partial charge in [-0.25, -0.2) is 9.78 Å². The number of thioether (sulfide) groups is 1. The van der Waals surface area contributed by atoms with Crippen molar-refractivity contribution in [3.63, 3.8) is 0 Å². The van der Waals surface area contributed by atoms with Gasteiger partial charge in [-0.1, -0.05) is 30.0 Å². The zero-order valence-corrected chi connectivity index (χ0v) is 24.0. The van der Waals surface area contributed by atoms with Crippen molar-refractivity contribution >= 4 is 41.0 Å². The summed E-state index contributed by atoms with van der Waals surface area (Å²) in [5.41, 5.74) is 3.15. The van der Waals surface area contributed by atoms with E-state index < -0.39 is 11.3 Å². The standard InChI is InChI=1S/C30H32N6O4S/c1-18-15-21(40-20-7-5-4-6-8-20)9-10-22(18)36-23-11-13-31-29-25(23)26(33-30(36)39)27(41-29)28(38)32-19-12-14-35(16-19)24(37)17-34(2)3/h4-11,13,15,19,26-27H,12,14,16-17H2,1-3H3,(H,32,38)(H,33,39)/t19?,26?,27-/m1/s1. The molecule has 212 valence electrons. The first kappa shape index (κ1) is 27.1. The van der Waals surface area contributed by atoms with Crippen molar-refractivity contribution in [3.8, 4) is 11.5 Å². The minimum atomic E-state index is -0.556. The number of rotatable bonds is 7. The van der Waals surface area contributed by atoms with Crippen LogP contribution in [0.15, 0.2) is 65.8 Å². The highest BCUT2D eigenvalue weighted by Gasteiger charge is 2.47. The molecule has 10 nitrogen and oxygen atoms in total. The molecule has 0 radical (unpaired) electrons. The highest BCUT2D eigenvalue weighted by atomic mass is 32.2. The van der Waals surface area contributed by atoms with Crippen LogP contribution in [0.5, 0.6) is 11.5 Å². The number of amides is 4. The van der Waals surface area contributed by atoms with Gasteiger partial charge in [-0.2, -0.15) is 0 Å². The second-order valence-corrected chi connectivity index (χ2v) is 11.9. The Morgan fingerprint density at radius 2 is 1.93 bits per heavy atom. The highest BCUT2D eigenvalue weighted by Crippen LogP contribution is 2.51. The molecule has 1 aromatic heterocycles. The summed E-state index contributed by atoms with van der Waals surface area (Å²) in [5, 5.41) is 6.37. The molecule has 0 bridgehead atoms. The normalized spacial score (nSPS) is 21.1. The number of urea groups is 1. The summed E-state index contributed by atoms with van der Waals surface area (Å²) in [5.74, 6) is 1.30. The average molecular weight is 573 g/mol. The third-order valence-electron chi connectivity index (χ3n) is 7.49. The Hall–Kier alpha value is -4.09. The Bertz CT molecular complexity index is 1500. The Balaban J connectivity index is 1.19. The molecule has 41 heavy (non-hydrogen) atoms. The molecule has 0 saturated carbocycles. The largest absolute Gasteiger partial charge is 0.457 e. The van der Waals surface area contributed by atoms with Crippen LogP contribution in [0, 0.1) is 6.92 Å². The molecule has 2 unspecified atom stereocenters. The number of benzene rings is 2. The number of carbonyl (C=O) groups is 3. The van der Waals surface area contributed by atoms with Gasteiger partial charge in [-0.15, -0.1) is 0 Å². The molecule has 1 saturated heterocycles. The number of aryl methyl sites for hydroxylation is 1. The van der Waals surface area contributed by atoms with Crippen molar-refractivity contribution in [1.29, 1.82) is 0 Å². The number of ether oxygens (including phenoxy) is 1. The smallest absolute Gasteiger partial charge is 0.327 e. The van der Waals surface area contributed by atoms with E-state index in [1.54, 1.807) is 16.0 Å². The van der Waals surface area contributed by atoms with Crippen molar-refractivity contribution in [1.82, 2.24) is 25.4 Å². The van der Waals surface area contributed by atoms with Crippen molar-refractivity contribution in [2.75, 3.05) is 38.6 Å². The Morgan fingerprint density at radius 1 is 1.12 bits per heavy atom. The van der Waals surface area contributed by atoms with Crippen LogP contribution in [0.3, 0.4) is 0 Å². The summed E-state index contributed by atoms with van der Waals surface area (Å²) in [7, 11) is 3.72. The number of hydrogen-bond donors (Lipinski definition) is 2. The number of likely N-dealkylation sites (N-methyl/N-ethyl adjacent to an activating group) is 1. The zero-order valence-electron chi connectivity index (χ0n) is 23.2. The quantitative estimate of drug-likeness (QED) is 0.443. The minimum Gasteiger partial charge on any atom is -0.457 e. The van der Waals surface area contributed by atoms with E-state index in [-0.39, 0.29) is 23.9 Å². The monoisotopic (exact) mass is 572 g/mol. The number of nitrogens with one attached hydrogen (secondary N) is 2. The van der Waals surface area contributed by atoms with Crippen LogP contribution >= 0.6 is 11.8 Å². The lowest BCUT2D eigenvalue weighted by atomic mass is 9.99. The number of carbonyl (C=O) groups excluding carboxylic acids is 3. The van der Waals surface area contributed by atoms with Crippen LogP contribution in [0.25, 0.3) is 0 Å². The predicted molar refractivity (Wildman–Crippen MR) is 157 cm³/mol. The van der Waals surface area contributed by atoms with Crippen LogP contribution in [0.4, 0.5) is 16.2 Å². The zero-order chi connectivity index (χ0) is 28.7. The van der Waals surface area contributed by atoms with E-state index in [9.17, 15) is 14.4 Å². The first-order chi connectivity index (χ1) is 19.8. The van der Waals surface area contributed by atoms with E-state index in [1.807, 2.05) is 80.5 Å². The minimum absolute atomic E-state index is 0.0535. The van der Waals surface area contributed by atoms with Gasteiger partial charge >= 0.3 is 6.03 Å². The molecule has 4 amide bonds. The maximum Gasteiger partial charge on any atom is 0.327 e. The lowest BCUT2D eigenvalue weighted by Gasteiger charge is -2.35. The van der Waals surface area contributed by atoms with Gasteiger partial charge in [-0.3, -0.25) is 14.5 Å². The van der Waals surface area contributed by atoms with Crippen molar-refractivity contribution in [2.24, 2.45) is 0 Å². The number of aromatic nitrogens is 1. The van der Waals surface area contributed by atoms with Crippen molar-refractivity contribution < 1.29 is 19.1 Å². The highest BCUT2D eigenvalue weighted by molar-refractivity contribution is 8.01. The second kappa shape index (κ2) is 11.1. The van der Waals surface area contributed by atoms with Gasteiger partial charge in [0.25, 0.3) is 0 Å². The first-order valence-corrected chi connectivity index (χ1v) is 14.5. The van der Waals surface area contributed by atoms with Gasteiger partial charge in [0.05, 0.1) is 24.0 Å². The third kappa shape index (κ3) is 5.34. The average Bonchev–Trinajstić information content (AvgIpc) is 3.56. The fourth-order valence-electron chi connectivity index (χ4n) is 5.59. The Morgan fingerprint density at radius 3 is 2.68 bits per heavy atom. The summed E-state index contributed by atoms with van der Waals surface area (Å²) >= 11 is 1.37. The van der Waals surface area contributed by atoms with E-state index in [1.165, 1.54) is 11.8 Å². The van der Waals surface area contributed by atoms with Crippen molar-refractivity contribution in [2.45, 2.75) is 35.7 Å². The molecule has 2 aromatic carbocycles.